The van der Waals surface area contributed by atoms with Crippen LogP contribution in [0.5, 0.6) is 11.5 Å². The molecule has 1 fully saturated rings. The van der Waals surface area contributed by atoms with Crippen LogP contribution in [0.1, 0.15) is 66.7 Å². The van der Waals surface area contributed by atoms with Crippen LogP contribution in [0.2, 0.25) is 0 Å². The fourth-order valence-electron chi connectivity index (χ4n) is 10.3. The van der Waals surface area contributed by atoms with Crippen molar-refractivity contribution >= 4 is 38.8 Å². The van der Waals surface area contributed by atoms with Crippen molar-refractivity contribution < 1.29 is 9.53 Å². The predicted molar refractivity (Wildman–Crippen MR) is 248 cm³/mol. The van der Waals surface area contributed by atoms with Gasteiger partial charge in [-0.2, -0.15) is 0 Å². The number of hydrogen-bond donors (Lipinski definition) is 1. The molecule has 310 valence electrons. The largest absolute Gasteiger partial charge is 0.456 e. The molecular formula is C52H60N6O2. The van der Waals surface area contributed by atoms with Gasteiger partial charge in [-0.25, -0.2) is 0 Å². The van der Waals surface area contributed by atoms with Gasteiger partial charge in [-0.3, -0.25) is 9.69 Å². The Morgan fingerprint density at radius 1 is 0.600 bits per heavy atom. The minimum atomic E-state index is -0.798. The second-order valence-corrected chi connectivity index (χ2v) is 16.5. The second kappa shape index (κ2) is 17.3. The summed E-state index contributed by atoms with van der Waals surface area (Å²) < 4.78 is 6.92. The maximum absolute atomic E-state index is 14.8. The molecule has 6 aromatic rings. The van der Waals surface area contributed by atoms with E-state index in [0.29, 0.717) is 6.54 Å². The van der Waals surface area contributed by atoms with Crippen LogP contribution < -0.4 is 19.9 Å². The van der Waals surface area contributed by atoms with Crippen LogP contribution in [0, 0.1) is 0 Å². The normalized spacial score (nSPS) is 15.9. The quantitative estimate of drug-likeness (QED) is 0.0821. The maximum Gasteiger partial charge on any atom is 0.255 e. The number of ether oxygens (including phenoxy) is 1. The Morgan fingerprint density at radius 3 is 1.72 bits per heavy atom. The van der Waals surface area contributed by atoms with E-state index in [4.69, 9.17) is 4.74 Å². The summed E-state index contributed by atoms with van der Waals surface area (Å²) in [6.45, 7) is 20.8. The number of fused-ring (bicyclic) bond motifs is 8. The number of amides is 1. The molecule has 60 heavy (non-hydrogen) atoms. The fraction of sp³-hybridized carbons (Fsp3) is 0.365. The summed E-state index contributed by atoms with van der Waals surface area (Å²) in [7, 11) is 0. The van der Waals surface area contributed by atoms with Gasteiger partial charge in [0.05, 0.1) is 0 Å². The third kappa shape index (κ3) is 7.08. The number of carbonyl (C=O) groups excluding carboxylic acids is 1. The molecular weight excluding hydrogens is 741 g/mol. The van der Waals surface area contributed by atoms with Crippen molar-refractivity contribution in [3.63, 3.8) is 0 Å². The highest BCUT2D eigenvalue weighted by Crippen LogP contribution is 2.58. The molecule has 0 atom stereocenters. The molecule has 1 N–H and O–H groups in total. The number of nitrogens with zero attached hydrogens (tertiary/aromatic N) is 5. The molecule has 0 saturated carbocycles. The van der Waals surface area contributed by atoms with Gasteiger partial charge in [0.25, 0.3) is 5.91 Å². The van der Waals surface area contributed by atoms with E-state index in [0.717, 1.165) is 130 Å². The first-order chi connectivity index (χ1) is 29.5. The fourth-order valence-corrected chi connectivity index (χ4v) is 10.3. The summed E-state index contributed by atoms with van der Waals surface area (Å²) in [5.41, 5.74) is 6.75. The molecule has 3 aliphatic rings. The lowest BCUT2D eigenvalue weighted by atomic mass is 9.74. The summed E-state index contributed by atoms with van der Waals surface area (Å²) in [5.74, 6) is 1.74. The standard InChI is InChI=1S/C52H60N6O2/c1-5-56(6-2)40-22-24-47-49(35-40)60-50-36-41(57(7-3)8-4)23-25-48(50)52(47)46-21-14-13-20-44(46)51(59)58(52)33-32-55-30-28-54(29-31-55)27-15-26-53-37-45-42-18-11-9-16-38(42)34-39-17-10-12-19-43(39)45/h9-14,16-25,34-36,53H,5-8,15,26-33,37H2,1-4H3. The van der Waals surface area contributed by atoms with E-state index in [1.54, 1.807) is 0 Å². The number of hydrogen-bond acceptors (Lipinski definition) is 7. The first-order valence-electron chi connectivity index (χ1n) is 22.4. The van der Waals surface area contributed by atoms with Crippen LogP contribution in [-0.4, -0.2) is 99.1 Å². The summed E-state index contributed by atoms with van der Waals surface area (Å²) >= 11 is 0. The van der Waals surface area contributed by atoms with Crippen molar-refractivity contribution in [1.82, 2.24) is 20.0 Å². The Balaban J connectivity index is 0.903. The van der Waals surface area contributed by atoms with E-state index >= 15 is 0 Å². The zero-order valence-electron chi connectivity index (χ0n) is 35.9. The highest BCUT2D eigenvalue weighted by molar-refractivity contribution is 6.03. The molecule has 8 nitrogen and oxygen atoms in total. The summed E-state index contributed by atoms with van der Waals surface area (Å²) in [4.78, 5) is 26.8. The smallest absolute Gasteiger partial charge is 0.255 e. The molecule has 1 amide bonds. The van der Waals surface area contributed by atoms with Gasteiger partial charge in [0.1, 0.15) is 17.0 Å². The van der Waals surface area contributed by atoms with Gasteiger partial charge in [-0.15, -0.1) is 0 Å². The van der Waals surface area contributed by atoms with E-state index in [9.17, 15) is 4.79 Å². The average molecular weight is 801 g/mol. The zero-order valence-corrected chi connectivity index (χ0v) is 35.9. The van der Waals surface area contributed by atoms with Crippen LogP contribution in [0.3, 0.4) is 0 Å². The Bertz CT molecular complexity index is 2370. The molecule has 1 spiro atoms. The third-order valence-corrected chi connectivity index (χ3v) is 13.5. The van der Waals surface area contributed by atoms with Gasteiger partial charge < -0.3 is 29.7 Å². The van der Waals surface area contributed by atoms with Gasteiger partial charge in [0.15, 0.2) is 0 Å². The molecule has 1 saturated heterocycles. The van der Waals surface area contributed by atoms with Crippen molar-refractivity contribution in [2.45, 2.75) is 46.2 Å². The summed E-state index contributed by atoms with van der Waals surface area (Å²) in [5, 5.41) is 9.06. The van der Waals surface area contributed by atoms with Crippen LogP contribution in [0.25, 0.3) is 21.5 Å². The molecule has 3 aliphatic heterocycles. The van der Waals surface area contributed by atoms with Gasteiger partial charge in [-0.05, 0) is 104 Å². The van der Waals surface area contributed by atoms with E-state index in [2.05, 4.69) is 161 Å². The Morgan fingerprint density at radius 2 is 1.13 bits per heavy atom. The second-order valence-electron chi connectivity index (χ2n) is 16.5. The molecule has 3 heterocycles. The molecule has 0 aliphatic carbocycles. The topological polar surface area (TPSA) is 54.5 Å². The van der Waals surface area contributed by atoms with Crippen molar-refractivity contribution in [3.8, 4) is 11.5 Å². The highest BCUT2D eigenvalue weighted by Gasteiger charge is 2.56. The lowest BCUT2D eigenvalue weighted by Crippen LogP contribution is -2.52. The van der Waals surface area contributed by atoms with Gasteiger partial charge >= 0.3 is 0 Å². The molecule has 6 aromatic carbocycles. The minimum absolute atomic E-state index is 0.0904. The van der Waals surface area contributed by atoms with E-state index in [1.165, 1.54) is 27.1 Å². The zero-order chi connectivity index (χ0) is 41.2. The van der Waals surface area contributed by atoms with Crippen molar-refractivity contribution in [2.24, 2.45) is 0 Å². The number of benzene rings is 6. The van der Waals surface area contributed by atoms with Crippen LogP contribution in [0.4, 0.5) is 11.4 Å². The third-order valence-electron chi connectivity index (χ3n) is 13.5. The van der Waals surface area contributed by atoms with Crippen molar-refractivity contribution in [1.29, 1.82) is 0 Å². The number of carbonyl (C=O) groups is 1. The Hall–Kier alpha value is -5.41. The van der Waals surface area contributed by atoms with Crippen molar-refractivity contribution in [3.05, 3.63) is 143 Å². The van der Waals surface area contributed by atoms with E-state index in [1.807, 2.05) is 12.1 Å². The van der Waals surface area contributed by atoms with Gasteiger partial charge in [-0.1, -0.05) is 78.9 Å². The minimum Gasteiger partial charge on any atom is -0.456 e. The van der Waals surface area contributed by atoms with Gasteiger partial charge in [0, 0.05) is 112 Å². The molecule has 0 bridgehead atoms. The van der Waals surface area contributed by atoms with E-state index in [-0.39, 0.29) is 5.91 Å². The predicted octanol–water partition coefficient (Wildman–Crippen LogP) is 9.34. The molecule has 9 rings (SSSR count). The van der Waals surface area contributed by atoms with Crippen molar-refractivity contribution in [2.75, 3.05) is 88.3 Å². The first-order valence-corrected chi connectivity index (χ1v) is 22.4. The molecule has 8 heteroatoms. The lowest BCUT2D eigenvalue weighted by molar-refractivity contribution is 0.0599. The SMILES string of the molecule is CCN(CC)c1ccc2c(c1)Oc1cc(N(CC)CC)ccc1C21c2ccccc2C(=O)N1CCN1CCN(CCCNCc2c3ccccc3cc3ccccc23)CC1. The summed E-state index contributed by atoms with van der Waals surface area (Å²) in [6.07, 6.45) is 1.11. The van der Waals surface area contributed by atoms with Crippen LogP contribution in [-0.2, 0) is 12.1 Å². The highest BCUT2D eigenvalue weighted by atomic mass is 16.5. The average Bonchev–Trinajstić information content (AvgIpc) is 3.53. The Kier molecular flexibility index (Phi) is 11.5. The molecule has 0 aromatic heterocycles. The Labute approximate surface area is 356 Å². The van der Waals surface area contributed by atoms with E-state index < -0.39 is 5.54 Å². The van der Waals surface area contributed by atoms with Crippen LogP contribution >= 0.6 is 0 Å². The molecule has 0 radical (unpaired) electrons. The summed E-state index contributed by atoms with van der Waals surface area (Å²) in [6, 6.07) is 41.4. The van der Waals surface area contributed by atoms with Crippen LogP contribution in [0.15, 0.2) is 115 Å². The number of nitrogens with one attached hydrogen (secondary N) is 1. The number of anilines is 2. The number of rotatable bonds is 15. The number of piperazine rings is 1. The monoisotopic (exact) mass is 800 g/mol. The molecule has 0 unspecified atom stereocenters. The lowest BCUT2D eigenvalue weighted by Gasteiger charge is -2.45. The first kappa shape index (κ1) is 40.0. The maximum atomic E-state index is 14.8. The van der Waals surface area contributed by atoms with Gasteiger partial charge in [0.2, 0.25) is 0 Å².